The van der Waals surface area contributed by atoms with Crippen LogP contribution in [0.2, 0.25) is 5.15 Å². The second kappa shape index (κ2) is 5.14. The Labute approximate surface area is 110 Å². The summed E-state index contributed by atoms with van der Waals surface area (Å²) in [5, 5.41) is 2.97. The first-order valence-corrected chi connectivity index (χ1v) is 5.80. The molecule has 0 atom stereocenters. The number of nitrogens with zero attached hydrogens (tertiary/aromatic N) is 2. The number of benzene rings is 1. The summed E-state index contributed by atoms with van der Waals surface area (Å²) in [6.45, 7) is 3.88. The summed E-state index contributed by atoms with van der Waals surface area (Å²) in [7, 11) is 0. The number of aryl methyl sites for hydroxylation is 2. The van der Waals surface area contributed by atoms with E-state index in [1.165, 1.54) is 12.4 Å². The van der Waals surface area contributed by atoms with Gasteiger partial charge >= 0.3 is 0 Å². The average molecular weight is 262 g/mol. The zero-order valence-corrected chi connectivity index (χ0v) is 10.8. The van der Waals surface area contributed by atoms with Crippen LogP contribution in [0.25, 0.3) is 0 Å². The van der Waals surface area contributed by atoms with Crippen LogP contribution < -0.4 is 5.32 Å². The van der Waals surface area contributed by atoms with Crippen molar-refractivity contribution >= 4 is 23.3 Å². The molecule has 0 bridgehead atoms. The fraction of sp³-hybridized carbons (Fsp3) is 0.154. The lowest BCUT2D eigenvalue weighted by atomic mass is 10.1. The average Bonchev–Trinajstić information content (AvgIpc) is 2.32. The number of rotatable bonds is 2. The van der Waals surface area contributed by atoms with E-state index in [1.54, 1.807) is 6.07 Å². The van der Waals surface area contributed by atoms with E-state index in [2.05, 4.69) is 15.3 Å². The number of hydrogen-bond donors (Lipinski definition) is 1. The molecule has 0 spiro atoms. The number of carbonyl (C=O) groups excluding carboxylic acids is 1. The number of nitrogens with one attached hydrogen (secondary N) is 1. The van der Waals surface area contributed by atoms with Gasteiger partial charge in [-0.2, -0.15) is 0 Å². The fourth-order valence-corrected chi connectivity index (χ4v) is 1.73. The molecule has 1 aromatic heterocycles. The van der Waals surface area contributed by atoms with Gasteiger partial charge in [-0.3, -0.25) is 4.79 Å². The van der Waals surface area contributed by atoms with Crippen LogP contribution in [0.15, 0.2) is 30.6 Å². The molecule has 0 unspecified atom stereocenters. The summed E-state index contributed by atoms with van der Waals surface area (Å²) in [5.41, 5.74) is 2.67. The molecular weight excluding hydrogens is 250 g/mol. The molecule has 4 nitrogen and oxygen atoms in total. The Morgan fingerprint density at radius 2 is 2.00 bits per heavy atom. The van der Waals surface area contributed by atoms with Crippen molar-refractivity contribution in [3.8, 4) is 0 Å². The molecule has 0 aliphatic carbocycles. The summed E-state index contributed by atoms with van der Waals surface area (Å²) in [6, 6.07) is 5.65. The van der Waals surface area contributed by atoms with Gasteiger partial charge in [0.25, 0.3) is 5.91 Å². The Morgan fingerprint density at radius 1 is 1.22 bits per heavy atom. The molecule has 0 saturated heterocycles. The summed E-state index contributed by atoms with van der Waals surface area (Å²) >= 11 is 5.62. The van der Waals surface area contributed by atoms with Crippen LogP contribution in [0.5, 0.6) is 0 Å². The number of halogens is 1. The molecular formula is C13H12ClN3O. The van der Waals surface area contributed by atoms with Crippen LogP contribution in [0.3, 0.4) is 0 Å². The molecule has 1 aromatic carbocycles. The van der Waals surface area contributed by atoms with Gasteiger partial charge in [-0.25, -0.2) is 9.97 Å². The lowest BCUT2D eigenvalue weighted by Gasteiger charge is -2.07. The molecule has 92 valence electrons. The van der Waals surface area contributed by atoms with E-state index < -0.39 is 0 Å². The third-order valence-electron chi connectivity index (χ3n) is 2.49. The van der Waals surface area contributed by atoms with Crippen LogP contribution >= 0.6 is 11.6 Å². The number of amides is 1. The second-order valence-corrected chi connectivity index (χ2v) is 4.38. The molecule has 1 heterocycles. The van der Waals surface area contributed by atoms with Gasteiger partial charge in [0.05, 0.1) is 12.4 Å². The molecule has 18 heavy (non-hydrogen) atoms. The monoisotopic (exact) mass is 261 g/mol. The van der Waals surface area contributed by atoms with Crippen molar-refractivity contribution in [2.24, 2.45) is 0 Å². The Morgan fingerprint density at radius 3 is 2.61 bits per heavy atom. The highest BCUT2D eigenvalue weighted by Gasteiger charge is 2.09. The maximum atomic E-state index is 12.0. The normalized spacial score (nSPS) is 10.2. The Kier molecular flexibility index (Phi) is 3.58. The molecule has 0 aliphatic rings. The van der Waals surface area contributed by atoms with Crippen molar-refractivity contribution in [2.75, 3.05) is 5.32 Å². The number of hydrogen-bond acceptors (Lipinski definition) is 3. The quantitative estimate of drug-likeness (QED) is 0.904. The van der Waals surface area contributed by atoms with E-state index in [1.807, 2.05) is 26.0 Å². The maximum absolute atomic E-state index is 12.0. The Bertz CT molecular complexity index is 581. The lowest BCUT2D eigenvalue weighted by Crippen LogP contribution is -2.14. The predicted molar refractivity (Wildman–Crippen MR) is 70.9 cm³/mol. The zero-order valence-electron chi connectivity index (χ0n) is 10.1. The minimum absolute atomic E-state index is 0.205. The van der Waals surface area contributed by atoms with Gasteiger partial charge in [0.1, 0.15) is 5.15 Å². The highest BCUT2D eigenvalue weighted by Crippen LogP contribution is 2.13. The summed E-state index contributed by atoms with van der Waals surface area (Å²) in [6.07, 6.45) is 2.81. The molecule has 2 rings (SSSR count). The van der Waals surface area contributed by atoms with Crippen molar-refractivity contribution in [1.82, 2.24) is 9.97 Å². The van der Waals surface area contributed by atoms with Crippen molar-refractivity contribution in [3.05, 3.63) is 52.4 Å². The highest BCUT2D eigenvalue weighted by atomic mass is 35.5. The van der Waals surface area contributed by atoms with Crippen molar-refractivity contribution in [1.29, 1.82) is 0 Å². The number of carbonyl (C=O) groups is 1. The zero-order chi connectivity index (χ0) is 13.1. The largest absolute Gasteiger partial charge is 0.305 e. The smallest absolute Gasteiger partial charge is 0.257 e. The van der Waals surface area contributed by atoms with Gasteiger partial charge in [0.15, 0.2) is 5.82 Å². The summed E-state index contributed by atoms with van der Waals surface area (Å²) in [4.78, 5) is 19.8. The topological polar surface area (TPSA) is 54.9 Å². The maximum Gasteiger partial charge on any atom is 0.257 e. The fourth-order valence-electron chi connectivity index (χ4n) is 1.63. The van der Waals surface area contributed by atoms with Gasteiger partial charge < -0.3 is 5.32 Å². The van der Waals surface area contributed by atoms with Gasteiger partial charge in [-0.15, -0.1) is 0 Å². The first-order chi connectivity index (χ1) is 8.56. The van der Waals surface area contributed by atoms with E-state index in [9.17, 15) is 4.79 Å². The summed E-state index contributed by atoms with van der Waals surface area (Å²) < 4.78 is 0. The molecule has 0 aliphatic heterocycles. The first kappa shape index (κ1) is 12.5. The van der Waals surface area contributed by atoms with Crippen molar-refractivity contribution in [2.45, 2.75) is 13.8 Å². The van der Waals surface area contributed by atoms with Crippen LogP contribution in [0.1, 0.15) is 21.5 Å². The molecule has 5 heteroatoms. The van der Waals surface area contributed by atoms with Crippen LogP contribution in [-0.4, -0.2) is 15.9 Å². The van der Waals surface area contributed by atoms with Crippen LogP contribution in [0.4, 0.5) is 5.82 Å². The molecule has 0 radical (unpaired) electrons. The van der Waals surface area contributed by atoms with Crippen molar-refractivity contribution in [3.63, 3.8) is 0 Å². The van der Waals surface area contributed by atoms with Crippen molar-refractivity contribution < 1.29 is 4.79 Å². The Hall–Kier alpha value is -1.94. The lowest BCUT2D eigenvalue weighted by molar-refractivity contribution is 0.102. The van der Waals surface area contributed by atoms with Gasteiger partial charge in [0, 0.05) is 5.56 Å². The van der Waals surface area contributed by atoms with Crippen LogP contribution in [0, 0.1) is 13.8 Å². The van der Waals surface area contributed by atoms with Gasteiger partial charge in [-0.05, 0) is 25.5 Å². The third kappa shape index (κ3) is 2.84. The Balaban J connectivity index is 2.19. The minimum Gasteiger partial charge on any atom is -0.305 e. The van der Waals surface area contributed by atoms with E-state index in [0.717, 1.165) is 11.1 Å². The first-order valence-electron chi connectivity index (χ1n) is 5.42. The number of anilines is 1. The molecule has 1 amide bonds. The third-order valence-corrected chi connectivity index (χ3v) is 2.68. The minimum atomic E-state index is -0.205. The molecule has 2 aromatic rings. The van der Waals surface area contributed by atoms with Gasteiger partial charge in [0.2, 0.25) is 0 Å². The standard InChI is InChI=1S/C13H12ClN3O/c1-8-3-4-10(9(2)5-8)13(18)17-12-7-15-11(14)6-16-12/h3-7H,1-2H3,(H,16,17,18). The summed E-state index contributed by atoms with van der Waals surface area (Å²) in [5.74, 6) is 0.175. The second-order valence-electron chi connectivity index (χ2n) is 4.00. The van der Waals surface area contributed by atoms with Crippen LogP contribution in [-0.2, 0) is 0 Å². The van der Waals surface area contributed by atoms with E-state index in [-0.39, 0.29) is 5.91 Å². The molecule has 0 fully saturated rings. The molecule has 0 saturated carbocycles. The predicted octanol–water partition coefficient (Wildman–Crippen LogP) is 3.00. The SMILES string of the molecule is Cc1ccc(C(=O)Nc2cnc(Cl)cn2)c(C)c1. The van der Waals surface area contributed by atoms with Gasteiger partial charge in [-0.1, -0.05) is 29.3 Å². The van der Waals surface area contributed by atoms with E-state index in [4.69, 9.17) is 11.6 Å². The molecule has 1 N–H and O–H groups in total. The number of aromatic nitrogens is 2. The highest BCUT2D eigenvalue weighted by molar-refractivity contribution is 6.29. The van der Waals surface area contributed by atoms with E-state index in [0.29, 0.717) is 16.5 Å². The van der Waals surface area contributed by atoms with E-state index >= 15 is 0 Å².